The Morgan fingerprint density at radius 3 is 1.50 bits per heavy atom. The first-order valence-electron chi connectivity index (χ1n) is 9.29. The molecule has 2 aliphatic heterocycles. The van der Waals surface area contributed by atoms with Crippen molar-refractivity contribution in [3.63, 3.8) is 0 Å². The van der Waals surface area contributed by atoms with Crippen LogP contribution in [0.5, 0.6) is 0 Å². The zero-order valence-electron chi connectivity index (χ0n) is 13.2. The zero-order valence-corrected chi connectivity index (χ0v) is 13.2. The van der Waals surface area contributed by atoms with Crippen LogP contribution in [0.2, 0.25) is 0 Å². The van der Waals surface area contributed by atoms with Gasteiger partial charge in [0.15, 0.2) is 0 Å². The molecule has 20 heavy (non-hydrogen) atoms. The number of nitrogens with zero attached hydrogens (tertiary/aromatic N) is 2. The summed E-state index contributed by atoms with van der Waals surface area (Å²) in [7, 11) is 0. The van der Waals surface area contributed by atoms with Gasteiger partial charge in [0, 0.05) is 26.2 Å². The van der Waals surface area contributed by atoms with E-state index in [4.69, 9.17) is 0 Å². The highest BCUT2D eigenvalue weighted by atomic mass is 15.7. The van der Waals surface area contributed by atoms with E-state index >= 15 is 0 Å². The third-order valence-electron chi connectivity index (χ3n) is 7.06. The molecule has 0 aromatic carbocycles. The van der Waals surface area contributed by atoms with Crippen LogP contribution in [0.4, 0.5) is 0 Å². The van der Waals surface area contributed by atoms with Crippen molar-refractivity contribution in [2.75, 3.05) is 26.2 Å². The summed E-state index contributed by atoms with van der Waals surface area (Å²) in [5.74, 6) is 0. The molecular weight excluding hydrogens is 244 g/mol. The molecule has 0 aromatic rings. The van der Waals surface area contributed by atoms with Crippen LogP contribution in [-0.2, 0) is 0 Å². The molecule has 2 nitrogen and oxygen atoms in total. The molecule has 2 saturated heterocycles. The van der Waals surface area contributed by atoms with Gasteiger partial charge in [-0.3, -0.25) is 0 Å². The van der Waals surface area contributed by atoms with E-state index in [9.17, 15) is 0 Å². The molecule has 2 spiro atoms. The summed E-state index contributed by atoms with van der Waals surface area (Å²) in [6.07, 6.45) is 18.1. The maximum Gasteiger partial charge on any atom is 0.0203 e. The number of hydrazine groups is 1. The van der Waals surface area contributed by atoms with Gasteiger partial charge in [0.2, 0.25) is 0 Å². The number of hydrogen-bond acceptors (Lipinski definition) is 2. The maximum absolute atomic E-state index is 2.72. The normalized spacial score (nSPS) is 34.2. The van der Waals surface area contributed by atoms with Crippen LogP contribution in [-0.4, -0.2) is 36.2 Å². The van der Waals surface area contributed by atoms with Gasteiger partial charge in [-0.2, -0.15) is 0 Å². The molecule has 0 amide bonds. The van der Waals surface area contributed by atoms with Crippen molar-refractivity contribution in [2.45, 2.75) is 77.0 Å². The molecule has 0 atom stereocenters. The van der Waals surface area contributed by atoms with E-state index in [-0.39, 0.29) is 0 Å². The fourth-order valence-electron chi connectivity index (χ4n) is 5.60. The molecule has 2 saturated carbocycles. The standard InChI is InChI=1S/C18H32N2/c1-3-7-17(8-4-1)11-13-19(14-12-17)20-15-18(16-20)9-5-2-6-10-18/h1-16H2. The van der Waals surface area contributed by atoms with Crippen LogP contribution in [0.1, 0.15) is 77.0 Å². The predicted octanol–water partition coefficient (Wildman–Crippen LogP) is 4.21. The first kappa shape index (κ1) is 13.6. The Morgan fingerprint density at radius 2 is 0.950 bits per heavy atom. The minimum atomic E-state index is 0.748. The summed E-state index contributed by atoms with van der Waals surface area (Å²) in [4.78, 5) is 0. The van der Waals surface area contributed by atoms with Gasteiger partial charge in [-0.1, -0.05) is 38.5 Å². The summed E-state index contributed by atoms with van der Waals surface area (Å²) < 4.78 is 0. The van der Waals surface area contributed by atoms with E-state index in [1.54, 1.807) is 0 Å². The van der Waals surface area contributed by atoms with Crippen LogP contribution < -0.4 is 0 Å². The zero-order chi connectivity index (χ0) is 13.5. The van der Waals surface area contributed by atoms with Gasteiger partial charge in [-0.05, 0) is 49.4 Å². The summed E-state index contributed by atoms with van der Waals surface area (Å²) in [6.45, 7) is 5.49. The molecule has 114 valence electrons. The third kappa shape index (κ3) is 2.43. The Morgan fingerprint density at radius 1 is 0.450 bits per heavy atom. The highest BCUT2D eigenvalue weighted by Crippen LogP contribution is 2.48. The number of piperidine rings is 1. The highest BCUT2D eigenvalue weighted by Gasteiger charge is 2.47. The first-order valence-corrected chi connectivity index (χ1v) is 9.29. The van der Waals surface area contributed by atoms with Crippen LogP contribution in [0.3, 0.4) is 0 Å². The van der Waals surface area contributed by atoms with Crippen molar-refractivity contribution >= 4 is 0 Å². The van der Waals surface area contributed by atoms with Gasteiger partial charge >= 0.3 is 0 Å². The average Bonchev–Trinajstić information content (AvgIpc) is 2.48. The highest BCUT2D eigenvalue weighted by molar-refractivity contribution is 4.97. The Labute approximate surface area is 124 Å². The molecule has 2 aliphatic carbocycles. The van der Waals surface area contributed by atoms with Gasteiger partial charge in [-0.25, -0.2) is 10.0 Å². The van der Waals surface area contributed by atoms with Crippen molar-refractivity contribution < 1.29 is 0 Å². The van der Waals surface area contributed by atoms with Gasteiger partial charge in [-0.15, -0.1) is 0 Å². The van der Waals surface area contributed by atoms with Crippen LogP contribution in [0, 0.1) is 10.8 Å². The molecule has 0 unspecified atom stereocenters. The van der Waals surface area contributed by atoms with Gasteiger partial charge < -0.3 is 0 Å². The second-order valence-electron chi connectivity index (χ2n) is 8.40. The number of hydrogen-bond donors (Lipinski definition) is 0. The van der Waals surface area contributed by atoms with Crippen LogP contribution in [0.15, 0.2) is 0 Å². The molecule has 4 aliphatic rings. The topological polar surface area (TPSA) is 6.48 Å². The van der Waals surface area contributed by atoms with Crippen molar-refractivity contribution in [1.82, 2.24) is 10.0 Å². The first-order chi connectivity index (χ1) is 9.79. The van der Waals surface area contributed by atoms with Crippen molar-refractivity contribution in [3.8, 4) is 0 Å². The second kappa shape index (κ2) is 5.28. The van der Waals surface area contributed by atoms with Crippen molar-refractivity contribution in [2.24, 2.45) is 10.8 Å². The van der Waals surface area contributed by atoms with Crippen molar-refractivity contribution in [1.29, 1.82) is 0 Å². The van der Waals surface area contributed by atoms with E-state index in [0.717, 1.165) is 10.8 Å². The van der Waals surface area contributed by atoms with Crippen molar-refractivity contribution in [3.05, 3.63) is 0 Å². The van der Waals surface area contributed by atoms with E-state index in [1.807, 2.05) is 0 Å². The minimum absolute atomic E-state index is 0.748. The van der Waals surface area contributed by atoms with Gasteiger partial charge in [0.05, 0.1) is 0 Å². The fraction of sp³-hybridized carbons (Fsp3) is 1.00. The monoisotopic (exact) mass is 276 g/mol. The van der Waals surface area contributed by atoms with Gasteiger partial charge in [0.1, 0.15) is 0 Å². The van der Waals surface area contributed by atoms with E-state index in [0.29, 0.717) is 0 Å². The fourth-order valence-corrected chi connectivity index (χ4v) is 5.60. The molecule has 4 rings (SSSR count). The lowest BCUT2D eigenvalue weighted by molar-refractivity contribution is -0.180. The van der Waals surface area contributed by atoms with E-state index in [2.05, 4.69) is 10.0 Å². The summed E-state index contributed by atoms with van der Waals surface area (Å²) in [5, 5.41) is 5.43. The summed E-state index contributed by atoms with van der Waals surface area (Å²) in [5.41, 5.74) is 1.51. The number of rotatable bonds is 1. The average molecular weight is 276 g/mol. The molecule has 2 heterocycles. The third-order valence-corrected chi connectivity index (χ3v) is 7.06. The Bertz CT molecular complexity index is 321. The minimum Gasteiger partial charge on any atom is -0.242 e. The molecule has 0 N–H and O–H groups in total. The van der Waals surface area contributed by atoms with Crippen LogP contribution in [0.25, 0.3) is 0 Å². The smallest absolute Gasteiger partial charge is 0.0203 e. The molecule has 4 fully saturated rings. The van der Waals surface area contributed by atoms with E-state index in [1.165, 1.54) is 103 Å². The molecule has 0 aromatic heterocycles. The lowest BCUT2D eigenvalue weighted by atomic mass is 9.67. The summed E-state index contributed by atoms with van der Waals surface area (Å²) >= 11 is 0. The predicted molar refractivity (Wildman–Crippen MR) is 83.4 cm³/mol. The molecule has 0 radical (unpaired) electrons. The Balaban J connectivity index is 1.28. The molecule has 2 heteroatoms. The quantitative estimate of drug-likeness (QED) is 0.708. The van der Waals surface area contributed by atoms with Crippen LogP contribution >= 0.6 is 0 Å². The Hall–Kier alpha value is -0.0800. The lowest BCUT2D eigenvalue weighted by Crippen LogP contribution is -2.64. The SMILES string of the molecule is C1CCC2(CC1)CCN(N1CC3(CCCCC3)C1)CC2. The van der Waals surface area contributed by atoms with Gasteiger partial charge in [0.25, 0.3) is 0 Å². The summed E-state index contributed by atoms with van der Waals surface area (Å²) in [6, 6.07) is 0. The maximum atomic E-state index is 2.72. The Kier molecular flexibility index (Phi) is 3.58. The lowest BCUT2D eigenvalue weighted by Gasteiger charge is -2.58. The molecular formula is C18H32N2. The second-order valence-corrected chi connectivity index (χ2v) is 8.40. The van der Waals surface area contributed by atoms with E-state index < -0.39 is 0 Å². The largest absolute Gasteiger partial charge is 0.242 e. The molecule has 0 bridgehead atoms.